The van der Waals surface area contributed by atoms with Crippen molar-refractivity contribution in [2.75, 3.05) is 7.05 Å². The van der Waals surface area contributed by atoms with Gasteiger partial charge in [-0.1, -0.05) is 17.7 Å². The van der Waals surface area contributed by atoms with Gasteiger partial charge in [-0.3, -0.25) is 0 Å². The van der Waals surface area contributed by atoms with Gasteiger partial charge in [0, 0.05) is 17.5 Å². The van der Waals surface area contributed by atoms with Crippen LogP contribution < -0.4 is 0 Å². The van der Waals surface area contributed by atoms with E-state index in [0.717, 1.165) is 5.01 Å². The molecule has 0 fully saturated rings. The predicted octanol–water partition coefficient (Wildman–Crippen LogP) is 2.42. The van der Waals surface area contributed by atoms with E-state index in [1.54, 1.807) is 0 Å². The fraction of sp³-hybridized carbons (Fsp3) is 0.308. The van der Waals surface area contributed by atoms with Gasteiger partial charge in [0.2, 0.25) is 10.0 Å². The predicted molar refractivity (Wildman–Crippen MR) is 82.9 cm³/mol. The molecule has 1 heterocycles. The summed E-state index contributed by atoms with van der Waals surface area (Å²) in [5, 5.41) is 12.0. The van der Waals surface area contributed by atoms with E-state index in [-0.39, 0.29) is 23.1 Å². The number of aliphatic hydroxyl groups is 1. The van der Waals surface area contributed by atoms with Crippen LogP contribution in [0.2, 0.25) is 5.02 Å². The van der Waals surface area contributed by atoms with E-state index in [1.165, 1.54) is 40.9 Å². The Bertz CT molecular complexity index is 744. The van der Waals surface area contributed by atoms with Crippen molar-refractivity contribution in [1.29, 1.82) is 0 Å². The summed E-state index contributed by atoms with van der Waals surface area (Å²) in [5.41, 5.74) is 1.20. The monoisotopic (exact) mass is 346 g/mol. The maximum Gasteiger partial charge on any atom is 0.243 e. The molecular formula is C13H15ClN2O3S2. The average Bonchev–Trinajstić information content (AvgIpc) is 2.83. The minimum atomic E-state index is -3.64. The van der Waals surface area contributed by atoms with E-state index in [0.29, 0.717) is 11.3 Å². The van der Waals surface area contributed by atoms with Gasteiger partial charge in [-0.25, -0.2) is 13.4 Å². The molecule has 1 aromatic heterocycles. The van der Waals surface area contributed by atoms with Crippen LogP contribution in [-0.2, 0) is 23.2 Å². The molecule has 21 heavy (non-hydrogen) atoms. The van der Waals surface area contributed by atoms with Crippen LogP contribution in [0.3, 0.4) is 0 Å². The van der Waals surface area contributed by atoms with Crippen molar-refractivity contribution >= 4 is 33.0 Å². The molecule has 0 atom stereocenters. The maximum absolute atomic E-state index is 12.5. The van der Waals surface area contributed by atoms with E-state index in [9.17, 15) is 8.42 Å². The van der Waals surface area contributed by atoms with Gasteiger partial charge in [-0.2, -0.15) is 4.31 Å². The molecule has 0 aliphatic rings. The fourth-order valence-corrected chi connectivity index (χ4v) is 3.87. The van der Waals surface area contributed by atoms with Crippen LogP contribution in [-0.4, -0.2) is 29.9 Å². The van der Waals surface area contributed by atoms with Crippen molar-refractivity contribution in [2.24, 2.45) is 0 Å². The Morgan fingerprint density at radius 3 is 2.67 bits per heavy atom. The summed E-state index contributed by atoms with van der Waals surface area (Å²) < 4.78 is 26.2. The third-order valence-corrected chi connectivity index (χ3v) is 5.93. The second-order valence-electron chi connectivity index (χ2n) is 4.53. The first kappa shape index (κ1) is 16.4. The van der Waals surface area contributed by atoms with Crippen molar-refractivity contribution in [3.63, 3.8) is 0 Å². The number of halogens is 1. The quantitative estimate of drug-likeness (QED) is 0.902. The van der Waals surface area contributed by atoms with Gasteiger partial charge in [0.15, 0.2) is 0 Å². The SMILES string of the molecule is Cc1nc(CN(C)S(=O)(=O)c2ccc(CO)c(Cl)c2)cs1. The maximum atomic E-state index is 12.5. The van der Waals surface area contributed by atoms with Gasteiger partial charge in [-0.15, -0.1) is 11.3 Å². The molecule has 114 valence electrons. The molecule has 2 rings (SSSR count). The topological polar surface area (TPSA) is 70.5 Å². The number of hydrogen-bond acceptors (Lipinski definition) is 5. The first-order valence-electron chi connectivity index (χ1n) is 6.11. The summed E-state index contributed by atoms with van der Waals surface area (Å²) in [6, 6.07) is 4.30. The summed E-state index contributed by atoms with van der Waals surface area (Å²) in [7, 11) is -2.15. The van der Waals surface area contributed by atoms with Gasteiger partial charge in [0.05, 0.1) is 28.7 Å². The molecule has 0 aliphatic carbocycles. The number of benzene rings is 1. The Labute approximate surface area is 132 Å². The number of sulfonamides is 1. The summed E-state index contributed by atoms with van der Waals surface area (Å²) in [6.45, 7) is 1.84. The van der Waals surface area contributed by atoms with Crippen LogP contribution in [0.25, 0.3) is 0 Å². The minimum Gasteiger partial charge on any atom is -0.392 e. The number of hydrogen-bond donors (Lipinski definition) is 1. The zero-order valence-electron chi connectivity index (χ0n) is 11.6. The van der Waals surface area contributed by atoms with Crippen molar-refractivity contribution in [2.45, 2.75) is 25.0 Å². The Morgan fingerprint density at radius 2 is 2.14 bits per heavy atom. The largest absolute Gasteiger partial charge is 0.392 e. The zero-order valence-corrected chi connectivity index (χ0v) is 14.0. The Balaban J connectivity index is 2.26. The van der Waals surface area contributed by atoms with Gasteiger partial charge in [0.1, 0.15) is 0 Å². The summed E-state index contributed by atoms with van der Waals surface area (Å²) in [4.78, 5) is 4.35. The molecule has 2 aromatic rings. The third kappa shape index (κ3) is 3.61. The first-order chi connectivity index (χ1) is 9.84. The van der Waals surface area contributed by atoms with Crippen molar-refractivity contribution < 1.29 is 13.5 Å². The molecule has 1 N–H and O–H groups in total. The summed E-state index contributed by atoms with van der Waals surface area (Å²) in [6.07, 6.45) is 0. The summed E-state index contributed by atoms with van der Waals surface area (Å²) >= 11 is 7.43. The van der Waals surface area contributed by atoms with Crippen molar-refractivity contribution in [1.82, 2.24) is 9.29 Å². The van der Waals surface area contributed by atoms with Gasteiger partial charge in [-0.05, 0) is 24.6 Å². The molecule has 0 amide bonds. The highest BCUT2D eigenvalue weighted by molar-refractivity contribution is 7.89. The van der Waals surface area contributed by atoms with E-state index in [1.807, 2.05) is 12.3 Å². The highest BCUT2D eigenvalue weighted by atomic mass is 35.5. The smallest absolute Gasteiger partial charge is 0.243 e. The number of aryl methyl sites for hydroxylation is 1. The van der Waals surface area contributed by atoms with Crippen LogP contribution in [0.1, 0.15) is 16.3 Å². The van der Waals surface area contributed by atoms with Gasteiger partial charge < -0.3 is 5.11 Å². The molecule has 5 nitrogen and oxygen atoms in total. The molecule has 0 unspecified atom stereocenters. The van der Waals surface area contributed by atoms with E-state index in [4.69, 9.17) is 16.7 Å². The van der Waals surface area contributed by atoms with Crippen LogP contribution in [0.15, 0.2) is 28.5 Å². The summed E-state index contributed by atoms with van der Waals surface area (Å²) in [5.74, 6) is 0. The number of aromatic nitrogens is 1. The Hall–Kier alpha value is -0.990. The normalized spacial score (nSPS) is 12.0. The van der Waals surface area contributed by atoms with E-state index < -0.39 is 10.0 Å². The molecule has 0 radical (unpaired) electrons. The van der Waals surface area contributed by atoms with Crippen molar-refractivity contribution in [3.05, 3.63) is 44.9 Å². The lowest BCUT2D eigenvalue weighted by molar-refractivity contribution is 0.282. The molecule has 8 heteroatoms. The van der Waals surface area contributed by atoms with Gasteiger partial charge >= 0.3 is 0 Å². The van der Waals surface area contributed by atoms with Crippen molar-refractivity contribution in [3.8, 4) is 0 Å². The highest BCUT2D eigenvalue weighted by Crippen LogP contribution is 2.24. The van der Waals surface area contributed by atoms with Gasteiger partial charge in [0.25, 0.3) is 0 Å². The Morgan fingerprint density at radius 1 is 1.43 bits per heavy atom. The number of thiazole rings is 1. The lowest BCUT2D eigenvalue weighted by atomic mass is 10.2. The van der Waals surface area contributed by atoms with Crippen LogP contribution in [0.4, 0.5) is 0 Å². The lowest BCUT2D eigenvalue weighted by Gasteiger charge is -2.16. The molecule has 0 saturated heterocycles. The van der Waals surface area contributed by atoms with E-state index in [2.05, 4.69) is 4.98 Å². The second-order valence-corrected chi connectivity index (χ2v) is 8.04. The number of aliphatic hydroxyl groups excluding tert-OH is 1. The molecule has 0 saturated carbocycles. The van der Waals surface area contributed by atoms with Crippen LogP contribution in [0, 0.1) is 6.92 Å². The third-order valence-electron chi connectivity index (χ3n) is 2.95. The molecule has 0 aliphatic heterocycles. The average molecular weight is 347 g/mol. The molecule has 1 aromatic carbocycles. The molecular weight excluding hydrogens is 332 g/mol. The standard InChI is InChI=1S/C13H15ClN2O3S2/c1-9-15-11(8-20-9)6-16(2)21(18,19)12-4-3-10(7-17)13(14)5-12/h3-5,8,17H,6-7H2,1-2H3. The second kappa shape index (κ2) is 6.41. The Kier molecular flexibility index (Phi) is 5.00. The number of rotatable bonds is 5. The minimum absolute atomic E-state index is 0.0964. The lowest BCUT2D eigenvalue weighted by Crippen LogP contribution is -2.26. The van der Waals surface area contributed by atoms with E-state index >= 15 is 0 Å². The number of nitrogens with zero attached hydrogens (tertiary/aromatic N) is 2. The fourth-order valence-electron chi connectivity index (χ4n) is 1.79. The van der Waals surface area contributed by atoms with Crippen LogP contribution in [0.5, 0.6) is 0 Å². The highest BCUT2D eigenvalue weighted by Gasteiger charge is 2.22. The first-order valence-corrected chi connectivity index (χ1v) is 8.81. The molecule has 0 bridgehead atoms. The zero-order chi connectivity index (χ0) is 15.6. The molecule has 0 spiro atoms. The van der Waals surface area contributed by atoms with Crippen LogP contribution >= 0.6 is 22.9 Å².